The first-order valence-corrected chi connectivity index (χ1v) is 4.85. The van der Waals surface area contributed by atoms with Crippen LogP contribution < -0.4 is 5.32 Å². The molecule has 0 bridgehead atoms. The Morgan fingerprint density at radius 1 is 1.29 bits per heavy atom. The van der Waals surface area contributed by atoms with Gasteiger partial charge in [0.2, 0.25) is 0 Å². The van der Waals surface area contributed by atoms with Crippen LogP contribution in [0.2, 0.25) is 0 Å². The van der Waals surface area contributed by atoms with Crippen LogP contribution in [0.4, 0.5) is 4.39 Å². The van der Waals surface area contributed by atoms with Gasteiger partial charge in [-0.1, -0.05) is 12.1 Å². The molecule has 1 N–H and O–H groups in total. The molecule has 2 rings (SSSR count). The summed E-state index contributed by atoms with van der Waals surface area (Å²) < 4.78 is 13.7. The average molecular weight is 191 g/mol. The van der Waals surface area contributed by atoms with Crippen LogP contribution >= 0.6 is 0 Å². The van der Waals surface area contributed by atoms with E-state index in [1.807, 2.05) is 19.9 Å². The largest absolute Gasteiger partial charge is 0.309 e. The highest BCUT2D eigenvalue weighted by Gasteiger charge is 2.13. The van der Waals surface area contributed by atoms with Gasteiger partial charge in [0.05, 0.1) is 0 Å². The number of halogens is 1. The van der Waals surface area contributed by atoms with E-state index in [0.717, 1.165) is 35.4 Å². The summed E-state index contributed by atoms with van der Waals surface area (Å²) in [5, 5.41) is 3.18. The number of hydrogen-bond donors (Lipinski definition) is 1. The Bertz CT molecular complexity index is 370. The van der Waals surface area contributed by atoms with E-state index in [-0.39, 0.29) is 5.82 Å². The molecule has 0 fully saturated rings. The van der Waals surface area contributed by atoms with Crippen molar-refractivity contribution in [3.8, 4) is 0 Å². The summed E-state index contributed by atoms with van der Waals surface area (Å²) in [5.41, 5.74) is 3.87. The van der Waals surface area contributed by atoms with Gasteiger partial charge < -0.3 is 5.32 Å². The number of rotatable bonds is 1. The van der Waals surface area contributed by atoms with Crippen molar-refractivity contribution in [2.24, 2.45) is 0 Å². The predicted molar refractivity (Wildman–Crippen MR) is 56.7 cm³/mol. The van der Waals surface area contributed by atoms with Gasteiger partial charge in [-0.15, -0.1) is 0 Å². The van der Waals surface area contributed by atoms with Gasteiger partial charge in [0.25, 0.3) is 0 Å². The molecule has 1 aromatic carbocycles. The van der Waals surface area contributed by atoms with Crippen LogP contribution in [0, 0.1) is 19.7 Å². The normalized spacial score (nSPS) is 15.8. The summed E-state index contributed by atoms with van der Waals surface area (Å²) in [6.07, 6.45) is 2.06. The van der Waals surface area contributed by atoms with E-state index in [9.17, 15) is 4.39 Å². The Hall–Kier alpha value is -1.15. The van der Waals surface area contributed by atoms with Gasteiger partial charge in [0.1, 0.15) is 5.82 Å². The monoisotopic (exact) mass is 191 g/mol. The molecule has 2 heteroatoms. The standard InChI is InChI=1S/C12H14FN/c1-8-5-9(2)12(11(13)6-8)10-3-4-14-7-10/h3,5-6,14H,4,7H2,1-2H3. The molecule has 1 nitrogen and oxygen atoms in total. The molecule has 0 aliphatic carbocycles. The fourth-order valence-electron chi connectivity index (χ4n) is 1.99. The molecule has 0 amide bonds. The SMILES string of the molecule is Cc1cc(C)c(C2=CCNC2)c(F)c1. The molecule has 1 aromatic rings. The number of hydrogen-bond acceptors (Lipinski definition) is 1. The number of benzene rings is 1. The van der Waals surface area contributed by atoms with Crippen molar-refractivity contribution in [1.29, 1.82) is 0 Å². The fourth-order valence-corrected chi connectivity index (χ4v) is 1.99. The average Bonchev–Trinajstić information content (AvgIpc) is 2.54. The highest BCUT2D eigenvalue weighted by atomic mass is 19.1. The summed E-state index contributed by atoms with van der Waals surface area (Å²) >= 11 is 0. The molecule has 0 saturated carbocycles. The van der Waals surface area contributed by atoms with Crippen LogP contribution in [0.3, 0.4) is 0 Å². The van der Waals surface area contributed by atoms with Crippen molar-refractivity contribution < 1.29 is 4.39 Å². The Labute approximate surface area is 83.6 Å². The van der Waals surface area contributed by atoms with Crippen molar-refractivity contribution >= 4 is 5.57 Å². The van der Waals surface area contributed by atoms with Crippen molar-refractivity contribution in [3.63, 3.8) is 0 Å². The van der Waals surface area contributed by atoms with Crippen molar-refractivity contribution in [2.75, 3.05) is 13.1 Å². The van der Waals surface area contributed by atoms with Gasteiger partial charge in [-0.05, 0) is 36.6 Å². The molecular weight excluding hydrogens is 177 g/mol. The summed E-state index contributed by atoms with van der Waals surface area (Å²) in [6.45, 7) is 5.51. The lowest BCUT2D eigenvalue weighted by Gasteiger charge is -2.09. The van der Waals surface area contributed by atoms with E-state index in [1.54, 1.807) is 6.07 Å². The maximum atomic E-state index is 13.7. The molecule has 0 unspecified atom stereocenters. The van der Waals surface area contributed by atoms with Gasteiger partial charge in [0.15, 0.2) is 0 Å². The second-order valence-electron chi connectivity index (χ2n) is 3.80. The lowest BCUT2D eigenvalue weighted by atomic mass is 9.98. The molecule has 0 atom stereocenters. The lowest BCUT2D eigenvalue weighted by molar-refractivity contribution is 0.621. The van der Waals surface area contributed by atoms with Crippen LogP contribution in [-0.2, 0) is 0 Å². The number of aryl methyl sites for hydroxylation is 2. The summed E-state index contributed by atoms with van der Waals surface area (Å²) in [7, 11) is 0. The minimum atomic E-state index is -0.0996. The van der Waals surface area contributed by atoms with Gasteiger partial charge >= 0.3 is 0 Å². The van der Waals surface area contributed by atoms with E-state index >= 15 is 0 Å². The first kappa shape index (κ1) is 9.41. The molecule has 1 aliphatic heterocycles. The van der Waals surface area contributed by atoms with Crippen LogP contribution in [0.15, 0.2) is 18.2 Å². The van der Waals surface area contributed by atoms with Crippen LogP contribution in [0.5, 0.6) is 0 Å². The lowest BCUT2D eigenvalue weighted by Crippen LogP contribution is -2.08. The van der Waals surface area contributed by atoms with Crippen LogP contribution in [0.1, 0.15) is 16.7 Å². The summed E-state index contributed by atoms with van der Waals surface area (Å²) in [4.78, 5) is 0. The van der Waals surface area contributed by atoms with Gasteiger partial charge in [-0.2, -0.15) is 0 Å². The molecular formula is C12H14FN. The van der Waals surface area contributed by atoms with Crippen molar-refractivity contribution in [3.05, 3.63) is 40.7 Å². The first-order valence-electron chi connectivity index (χ1n) is 4.85. The van der Waals surface area contributed by atoms with Gasteiger partial charge in [0, 0.05) is 18.7 Å². The van der Waals surface area contributed by atoms with Crippen molar-refractivity contribution in [2.45, 2.75) is 13.8 Å². The highest BCUT2D eigenvalue weighted by molar-refractivity contribution is 5.71. The fraction of sp³-hybridized carbons (Fsp3) is 0.333. The Morgan fingerprint density at radius 3 is 2.64 bits per heavy atom. The zero-order chi connectivity index (χ0) is 10.1. The molecule has 0 radical (unpaired) electrons. The second-order valence-corrected chi connectivity index (χ2v) is 3.80. The minimum Gasteiger partial charge on any atom is -0.309 e. The summed E-state index contributed by atoms with van der Waals surface area (Å²) in [5.74, 6) is -0.0996. The maximum absolute atomic E-state index is 13.7. The zero-order valence-corrected chi connectivity index (χ0v) is 8.52. The van der Waals surface area contributed by atoms with E-state index in [4.69, 9.17) is 0 Å². The predicted octanol–water partition coefficient (Wildman–Crippen LogP) is 2.43. The van der Waals surface area contributed by atoms with Crippen molar-refractivity contribution in [1.82, 2.24) is 5.32 Å². The molecule has 0 spiro atoms. The van der Waals surface area contributed by atoms with E-state index < -0.39 is 0 Å². The molecule has 1 heterocycles. The van der Waals surface area contributed by atoms with Gasteiger partial charge in [-0.25, -0.2) is 4.39 Å². The first-order chi connectivity index (χ1) is 6.68. The van der Waals surface area contributed by atoms with E-state index in [0.29, 0.717) is 0 Å². The second kappa shape index (κ2) is 3.54. The third-order valence-corrected chi connectivity index (χ3v) is 2.56. The minimum absolute atomic E-state index is 0.0996. The molecule has 0 saturated heterocycles. The number of nitrogens with one attached hydrogen (secondary N) is 1. The van der Waals surface area contributed by atoms with E-state index in [2.05, 4.69) is 11.4 Å². The molecule has 0 aromatic heterocycles. The topological polar surface area (TPSA) is 12.0 Å². The molecule has 1 aliphatic rings. The summed E-state index contributed by atoms with van der Waals surface area (Å²) in [6, 6.07) is 3.62. The Balaban J connectivity index is 2.52. The van der Waals surface area contributed by atoms with Gasteiger partial charge in [-0.3, -0.25) is 0 Å². The Morgan fingerprint density at radius 2 is 2.07 bits per heavy atom. The molecule has 14 heavy (non-hydrogen) atoms. The van der Waals surface area contributed by atoms with Crippen LogP contribution in [0.25, 0.3) is 5.57 Å². The third-order valence-electron chi connectivity index (χ3n) is 2.56. The van der Waals surface area contributed by atoms with E-state index in [1.165, 1.54) is 0 Å². The highest BCUT2D eigenvalue weighted by Crippen LogP contribution is 2.24. The third kappa shape index (κ3) is 1.58. The smallest absolute Gasteiger partial charge is 0.131 e. The van der Waals surface area contributed by atoms with Crippen LogP contribution in [-0.4, -0.2) is 13.1 Å². The zero-order valence-electron chi connectivity index (χ0n) is 8.52. The molecule has 74 valence electrons. The maximum Gasteiger partial charge on any atom is 0.131 e. The quantitative estimate of drug-likeness (QED) is 0.719. The Kier molecular flexibility index (Phi) is 2.38.